The molecule has 0 aromatic heterocycles. The summed E-state index contributed by atoms with van der Waals surface area (Å²) in [6, 6.07) is 7.87. The molecule has 0 aliphatic rings. The number of anilines is 1. The lowest BCUT2D eigenvalue weighted by atomic mass is 10.1. The molecular formula is C12H16N2. The third-order valence-corrected chi connectivity index (χ3v) is 2.20. The molecule has 0 aliphatic heterocycles. The molecule has 0 bridgehead atoms. The zero-order valence-corrected chi connectivity index (χ0v) is 8.80. The van der Waals surface area contributed by atoms with Crippen LogP contribution >= 0.6 is 0 Å². The van der Waals surface area contributed by atoms with Crippen LogP contribution in [-0.2, 0) is 0 Å². The second-order valence-corrected chi connectivity index (χ2v) is 3.42. The van der Waals surface area contributed by atoms with Crippen molar-refractivity contribution in [2.45, 2.75) is 26.7 Å². The van der Waals surface area contributed by atoms with Crippen molar-refractivity contribution in [2.24, 2.45) is 0 Å². The first-order valence-corrected chi connectivity index (χ1v) is 5.02. The highest BCUT2D eigenvalue weighted by Gasteiger charge is 1.98. The number of hydrogen-bond acceptors (Lipinski definition) is 2. The molecule has 74 valence electrons. The second-order valence-electron chi connectivity index (χ2n) is 3.42. The van der Waals surface area contributed by atoms with Gasteiger partial charge < -0.3 is 5.32 Å². The summed E-state index contributed by atoms with van der Waals surface area (Å²) in [5.41, 5.74) is 3.00. The first kappa shape index (κ1) is 10.6. The lowest BCUT2D eigenvalue weighted by molar-refractivity contribution is 0.833. The Morgan fingerprint density at radius 2 is 2.21 bits per heavy atom. The number of nitriles is 1. The maximum atomic E-state index is 8.70. The number of unbranched alkanes of at least 4 members (excludes halogenated alkanes) is 1. The van der Waals surface area contributed by atoms with Gasteiger partial charge in [0.25, 0.3) is 0 Å². The van der Waals surface area contributed by atoms with Gasteiger partial charge in [0, 0.05) is 12.2 Å². The van der Waals surface area contributed by atoms with E-state index >= 15 is 0 Å². The minimum Gasteiger partial charge on any atom is -0.385 e. The lowest BCUT2D eigenvalue weighted by Crippen LogP contribution is -2.02. The lowest BCUT2D eigenvalue weighted by Gasteiger charge is -2.08. The van der Waals surface area contributed by atoms with Crippen molar-refractivity contribution >= 4 is 5.69 Å². The van der Waals surface area contributed by atoms with Crippen LogP contribution in [0.25, 0.3) is 0 Å². The van der Waals surface area contributed by atoms with Gasteiger partial charge in [-0.2, -0.15) is 5.26 Å². The normalized spacial score (nSPS) is 9.50. The minimum atomic E-state index is 0.726. The summed E-state index contributed by atoms with van der Waals surface area (Å²) in [6.07, 6.45) is 2.38. The standard InChI is InChI=1S/C12H16N2/c1-3-4-7-14-12-6-5-11(9-13)8-10(12)2/h5-6,8,14H,3-4,7H2,1-2H3. The molecule has 0 radical (unpaired) electrons. The van der Waals surface area contributed by atoms with Crippen LogP contribution in [0.4, 0.5) is 5.69 Å². The largest absolute Gasteiger partial charge is 0.385 e. The molecule has 0 fully saturated rings. The molecule has 0 atom stereocenters. The summed E-state index contributed by atoms with van der Waals surface area (Å²) in [4.78, 5) is 0. The molecule has 0 spiro atoms. The van der Waals surface area contributed by atoms with Gasteiger partial charge in [0.1, 0.15) is 0 Å². The van der Waals surface area contributed by atoms with E-state index in [2.05, 4.69) is 18.3 Å². The number of rotatable bonds is 4. The zero-order chi connectivity index (χ0) is 10.4. The smallest absolute Gasteiger partial charge is 0.0991 e. The number of aryl methyl sites for hydroxylation is 1. The Morgan fingerprint density at radius 1 is 1.43 bits per heavy atom. The molecule has 0 saturated heterocycles. The van der Waals surface area contributed by atoms with Crippen LogP contribution in [0.15, 0.2) is 18.2 Å². The van der Waals surface area contributed by atoms with E-state index in [0.29, 0.717) is 0 Å². The molecule has 2 heteroatoms. The fourth-order valence-corrected chi connectivity index (χ4v) is 1.33. The molecule has 1 rings (SSSR count). The van der Waals surface area contributed by atoms with Crippen LogP contribution in [-0.4, -0.2) is 6.54 Å². The van der Waals surface area contributed by atoms with Gasteiger partial charge in [-0.15, -0.1) is 0 Å². The van der Waals surface area contributed by atoms with Crippen molar-refractivity contribution in [3.05, 3.63) is 29.3 Å². The highest BCUT2D eigenvalue weighted by atomic mass is 14.9. The summed E-state index contributed by atoms with van der Waals surface area (Å²) < 4.78 is 0. The van der Waals surface area contributed by atoms with Crippen molar-refractivity contribution in [1.29, 1.82) is 5.26 Å². The van der Waals surface area contributed by atoms with Crippen LogP contribution in [0.3, 0.4) is 0 Å². The van der Waals surface area contributed by atoms with Gasteiger partial charge in [-0.3, -0.25) is 0 Å². The summed E-state index contributed by atoms with van der Waals surface area (Å²) in [6.45, 7) is 5.20. The SMILES string of the molecule is CCCCNc1ccc(C#N)cc1C. The highest BCUT2D eigenvalue weighted by Crippen LogP contribution is 2.15. The molecule has 14 heavy (non-hydrogen) atoms. The summed E-state index contributed by atoms with van der Waals surface area (Å²) in [7, 11) is 0. The third kappa shape index (κ3) is 2.77. The molecule has 0 aliphatic carbocycles. The van der Waals surface area contributed by atoms with E-state index in [1.807, 2.05) is 25.1 Å². The Balaban J connectivity index is 2.65. The van der Waals surface area contributed by atoms with Crippen LogP contribution in [0.1, 0.15) is 30.9 Å². The van der Waals surface area contributed by atoms with Crippen molar-refractivity contribution in [2.75, 3.05) is 11.9 Å². The van der Waals surface area contributed by atoms with Crippen molar-refractivity contribution in [1.82, 2.24) is 0 Å². The van der Waals surface area contributed by atoms with Gasteiger partial charge >= 0.3 is 0 Å². The fraction of sp³-hybridized carbons (Fsp3) is 0.417. The van der Waals surface area contributed by atoms with Gasteiger partial charge in [0.05, 0.1) is 11.6 Å². The Kier molecular flexibility index (Phi) is 4.00. The van der Waals surface area contributed by atoms with Gasteiger partial charge in [-0.25, -0.2) is 0 Å². The monoisotopic (exact) mass is 188 g/mol. The van der Waals surface area contributed by atoms with Gasteiger partial charge in [-0.05, 0) is 37.1 Å². The molecule has 1 N–H and O–H groups in total. The average molecular weight is 188 g/mol. The van der Waals surface area contributed by atoms with E-state index in [9.17, 15) is 0 Å². The number of hydrogen-bond donors (Lipinski definition) is 1. The molecule has 0 amide bonds. The quantitative estimate of drug-likeness (QED) is 0.737. The third-order valence-electron chi connectivity index (χ3n) is 2.20. The Hall–Kier alpha value is -1.49. The first-order valence-electron chi connectivity index (χ1n) is 5.02. The van der Waals surface area contributed by atoms with E-state index < -0.39 is 0 Å². The maximum Gasteiger partial charge on any atom is 0.0991 e. The molecule has 0 heterocycles. The molecular weight excluding hydrogens is 172 g/mol. The van der Waals surface area contributed by atoms with Crippen molar-refractivity contribution in [3.63, 3.8) is 0 Å². The maximum absolute atomic E-state index is 8.70. The second kappa shape index (κ2) is 5.29. The molecule has 1 aromatic carbocycles. The van der Waals surface area contributed by atoms with Crippen LogP contribution in [0.2, 0.25) is 0 Å². The predicted molar refractivity (Wildman–Crippen MR) is 59.3 cm³/mol. The minimum absolute atomic E-state index is 0.726. The van der Waals surface area contributed by atoms with Gasteiger partial charge in [0.15, 0.2) is 0 Å². The van der Waals surface area contributed by atoms with Gasteiger partial charge in [-0.1, -0.05) is 13.3 Å². The van der Waals surface area contributed by atoms with Crippen LogP contribution < -0.4 is 5.32 Å². The number of nitrogens with one attached hydrogen (secondary N) is 1. The van der Waals surface area contributed by atoms with E-state index in [1.54, 1.807) is 0 Å². The zero-order valence-electron chi connectivity index (χ0n) is 8.80. The van der Waals surface area contributed by atoms with Gasteiger partial charge in [0.2, 0.25) is 0 Å². The van der Waals surface area contributed by atoms with E-state index in [1.165, 1.54) is 12.8 Å². The van der Waals surface area contributed by atoms with Crippen LogP contribution in [0, 0.1) is 18.3 Å². The number of nitrogens with zero attached hydrogens (tertiary/aromatic N) is 1. The highest BCUT2D eigenvalue weighted by molar-refractivity contribution is 5.53. The fourth-order valence-electron chi connectivity index (χ4n) is 1.33. The number of benzene rings is 1. The summed E-state index contributed by atoms with van der Waals surface area (Å²) in [5, 5.41) is 12.1. The first-order chi connectivity index (χ1) is 6.77. The van der Waals surface area contributed by atoms with Crippen molar-refractivity contribution < 1.29 is 0 Å². The van der Waals surface area contributed by atoms with Crippen LogP contribution in [0.5, 0.6) is 0 Å². The Morgan fingerprint density at radius 3 is 2.79 bits per heavy atom. The molecule has 0 saturated carbocycles. The molecule has 2 nitrogen and oxygen atoms in total. The Bertz CT molecular complexity index is 337. The summed E-state index contributed by atoms with van der Waals surface area (Å²) in [5.74, 6) is 0. The topological polar surface area (TPSA) is 35.8 Å². The average Bonchev–Trinajstić information content (AvgIpc) is 2.20. The van der Waals surface area contributed by atoms with E-state index in [0.717, 1.165) is 23.4 Å². The summed E-state index contributed by atoms with van der Waals surface area (Å²) >= 11 is 0. The Labute approximate surface area is 85.6 Å². The van der Waals surface area contributed by atoms with Crippen molar-refractivity contribution in [3.8, 4) is 6.07 Å². The molecule has 1 aromatic rings. The van der Waals surface area contributed by atoms with E-state index in [4.69, 9.17) is 5.26 Å². The molecule has 0 unspecified atom stereocenters. The van der Waals surface area contributed by atoms with E-state index in [-0.39, 0.29) is 0 Å². The predicted octanol–water partition coefficient (Wildman–Crippen LogP) is 3.08.